The molecule has 0 saturated carbocycles. The Morgan fingerprint density at radius 1 is 1.33 bits per heavy atom. The fraction of sp³-hybridized carbons (Fsp3) is 0.333. The summed E-state index contributed by atoms with van der Waals surface area (Å²) >= 11 is 3.24. The second kappa shape index (κ2) is 6.39. The van der Waals surface area contributed by atoms with E-state index in [0.717, 1.165) is 0 Å². The number of rotatable bonds is 4. The summed E-state index contributed by atoms with van der Waals surface area (Å²) in [6, 6.07) is 4.44. The van der Waals surface area contributed by atoms with Crippen molar-refractivity contribution in [3.8, 4) is 0 Å². The van der Waals surface area contributed by atoms with Crippen molar-refractivity contribution in [3.63, 3.8) is 0 Å². The number of amides is 2. The van der Waals surface area contributed by atoms with Gasteiger partial charge in [0.05, 0.1) is 11.3 Å². The van der Waals surface area contributed by atoms with Gasteiger partial charge in [-0.1, -0.05) is 6.07 Å². The van der Waals surface area contributed by atoms with E-state index >= 15 is 0 Å². The van der Waals surface area contributed by atoms with Gasteiger partial charge < -0.3 is 15.3 Å². The number of carboxylic acid groups (broad SMARTS) is 1. The van der Waals surface area contributed by atoms with E-state index in [2.05, 4.69) is 21.2 Å². The first-order valence-electron chi connectivity index (χ1n) is 5.59. The Kier molecular flexibility index (Phi) is 5.15. The molecule has 0 aliphatic heterocycles. The molecule has 0 fully saturated rings. The first-order chi connectivity index (χ1) is 8.51. The fourth-order valence-corrected chi connectivity index (χ4v) is 1.99. The number of carboxylic acids is 1. The van der Waals surface area contributed by atoms with Gasteiger partial charge in [-0.05, 0) is 41.9 Å². The summed E-state index contributed by atoms with van der Waals surface area (Å²) in [4.78, 5) is 24.6. The van der Waals surface area contributed by atoms with Gasteiger partial charge in [-0.3, -0.25) is 0 Å². The Labute approximate surface area is 114 Å². The molecule has 6 heteroatoms. The molecule has 0 saturated heterocycles. The van der Waals surface area contributed by atoms with Gasteiger partial charge in [0.25, 0.3) is 0 Å². The molecule has 1 rings (SSSR count). The molecule has 2 N–H and O–H groups in total. The lowest BCUT2D eigenvalue weighted by molar-refractivity contribution is 0.0698. The highest BCUT2D eigenvalue weighted by Gasteiger charge is 2.17. The van der Waals surface area contributed by atoms with Crippen molar-refractivity contribution in [2.24, 2.45) is 0 Å². The standard InChI is InChI=1S/C12H15BrN2O3/c1-3-15(4-2)12(18)14-10-8(11(16)17)6-5-7-9(10)13/h5-7H,3-4H2,1-2H3,(H,14,18)(H,16,17). The first-order valence-corrected chi connectivity index (χ1v) is 6.38. The van der Waals surface area contributed by atoms with Gasteiger partial charge >= 0.3 is 12.0 Å². The van der Waals surface area contributed by atoms with Gasteiger partial charge in [0.2, 0.25) is 0 Å². The average Bonchev–Trinajstić information content (AvgIpc) is 2.33. The maximum absolute atomic E-state index is 11.9. The van der Waals surface area contributed by atoms with Crippen molar-refractivity contribution in [2.75, 3.05) is 18.4 Å². The predicted octanol–water partition coefficient (Wildman–Crippen LogP) is 3.02. The summed E-state index contributed by atoms with van der Waals surface area (Å²) in [6.45, 7) is 4.85. The number of hydrogen-bond acceptors (Lipinski definition) is 2. The summed E-state index contributed by atoms with van der Waals surface area (Å²) in [5, 5.41) is 11.7. The zero-order chi connectivity index (χ0) is 13.7. The third kappa shape index (κ3) is 3.22. The minimum Gasteiger partial charge on any atom is -0.478 e. The molecule has 0 aliphatic carbocycles. The zero-order valence-corrected chi connectivity index (χ0v) is 11.8. The van der Waals surface area contributed by atoms with Crippen LogP contribution >= 0.6 is 15.9 Å². The molecular weight excluding hydrogens is 300 g/mol. The van der Waals surface area contributed by atoms with Crippen molar-refractivity contribution in [2.45, 2.75) is 13.8 Å². The number of halogens is 1. The number of para-hydroxylation sites is 1. The van der Waals surface area contributed by atoms with Gasteiger partial charge in [-0.15, -0.1) is 0 Å². The molecule has 2 amide bonds. The van der Waals surface area contributed by atoms with Crippen LogP contribution in [0.15, 0.2) is 22.7 Å². The molecule has 0 heterocycles. The maximum atomic E-state index is 11.9. The van der Waals surface area contributed by atoms with Crippen molar-refractivity contribution in [3.05, 3.63) is 28.2 Å². The molecule has 0 spiro atoms. The van der Waals surface area contributed by atoms with Crippen LogP contribution in [0.25, 0.3) is 0 Å². The molecular formula is C12H15BrN2O3. The number of hydrogen-bond donors (Lipinski definition) is 2. The zero-order valence-electron chi connectivity index (χ0n) is 10.2. The molecule has 0 unspecified atom stereocenters. The smallest absolute Gasteiger partial charge is 0.337 e. The van der Waals surface area contributed by atoms with Crippen LogP contribution in [-0.2, 0) is 0 Å². The van der Waals surface area contributed by atoms with Crippen LogP contribution in [-0.4, -0.2) is 35.1 Å². The number of anilines is 1. The minimum atomic E-state index is -1.08. The summed E-state index contributed by atoms with van der Waals surface area (Å²) in [5.74, 6) is -1.08. The summed E-state index contributed by atoms with van der Waals surface area (Å²) in [5.41, 5.74) is 0.340. The molecule has 0 aromatic heterocycles. The van der Waals surface area contributed by atoms with Crippen LogP contribution in [0, 0.1) is 0 Å². The number of carbonyl (C=O) groups excluding carboxylic acids is 1. The van der Waals surface area contributed by atoms with Crippen molar-refractivity contribution >= 4 is 33.6 Å². The number of nitrogens with one attached hydrogen (secondary N) is 1. The Hall–Kier alpha value is -1.56. The van der Waals surface area contributed by atoms with Gasteiger partial charge in [0.15, 0.2) is 0 Å². The number of benzene rings is 1. The Balaban J connectivity index is 3.03. The molecule has 5 nitrogen and oxygen atoms in total. The Morgan fingerprint density at radius 2 is 1.94 bits per heavy atom. The molecule has 0 aliphatic rings. The van der Waals surface area contributed by atoms with E-state index in [0.29, 0.717) is 17.6 Å². The van der Waals surface area contributed by atoms with E-state index < -0.39 is 5.97 Å². The summed E-state index contributed by atoms with van der Waals surface area (Å²) in [6.07, 6.45) is 0. The van der Waals surface area contributed by atoms with Gasteiger partial charge in [-0.25, -0.2) is 9.59 Å². The van der Waals surface area contributed by atoms with Crippen LogP contribution < -0.4 is 5.32 Å². The van der Waals surface area contributed by atoms with E-state index in [9.17, 15) is 9.59 Å². The lowest BCUT2D eigenvalue weighted by Crippen LogP contribution is -2.35. The molecule has 98 valence electrons. The normalized spacial score (nSPS) is 9.94. The quantitative estimate of drug-likeness (QED) is 0.897. The number of urea groups is 1. The van der Waals surface area contributed by atoms with Crippen LogP contribution in [0.3, 0.4) is 0 Å². The summed E-state index contributed by atoms with van der Waals surface area (Å²) < 4.78 is 0.544. The summed E-state index contributed by atoms with van der Waals surface area (Å²) in [7, 11) is 0. The molecule has 0 bridgehead atoms. The van der Waals surface area contributed by atoms with Crippen LogP contribution in [0.2, 0.25) is 0 Å². The predicted molar refractivity (Wildman–Crippen MR) is 73.0 cm³/mol. The highest BCUT2D eigenvalue weighted by molar-refractivity contribution is 9.10. The highest BCUT2D eigenvalue weighted by atomic mass is 79.9. The Bertz CT molecular complexity index is 459. The first kappa shape index (κ1) is 14.5. The van der Waals surface area contributed by atoms with E-state index in [1.165, 1.54) is 6.07 Å². The van der Waals surface area contributed by atoms with E-state index in [-0.39, 0.29) is 17.3 Å². The number of aromatic carboxylic acids is 1. The van der Waals surface area contributed by atoms with E-state index in [4.69, 9.17) is 5.11 Å². The highest BCUT2D eigenvalue weighted by Crippen LogP contribution is 2.26. The van der Waals surface area contributed by atoms with Crippen molar-refractivity contribution in [1.29, 1.82) is 0 Å². The van der Waals surface area contributed by atoms with Gasteiger partial charge in [0, 0.05) is 17.6 Å². The third-order valence-electron chi connectivity index (χ3n) is 2.53. The van der Waals surface area contributed by atoms with Gasteiger partial charge in [0.1, 0.15) is 0 Å². The largest absolute Gasteiger partial charge is 0.478 e. The fourth-order valence-electron chi connectivity index (χ4n) is 1.53. The molecule has 1 aromatic rings. The van der Waals surface area contributed by atoms with E-state index in [1.54, 1.807) is 17.0 Å². The van der Waals surface area contributed by atoms with Crippen LogP contribution in [0.4, 0.5) is 10.5 Å². The molecule has 1 aromatic carbocycles. The SMILES string of the molecule is CCN(CC)C(=O)Nc1c(Br)cccc1C(=O)O. The second-order valence-electron chi connectivity index (χ2n) is 3.57. The Morgan fingerprint density at radius 3 is 2.44 bits per heavy atom. The third-order valence-corrected chi connectivity index (χ3v) is 3.19. The van der Waals surface area contributed by atoms with Gasteiger partial charge in [-0.2, -0.15) is 0 Å². The van der Waals surface area contributed by atoms with Crippen molar-refractivity contribution in [1.82, 2.24) is 4.90 Å². The van der Waals surface area contributed by atoms with Crippen molar-refractivity contribution < 1.29 is 14.7 Å². The maximum Gasteiger partial charge on any atom is 0.337 e. The number of nitrogens with zero attached hydrogens (tertiary/aromatic N) is 1. The van der Waals surface area contributed by atoms with Crippen LogP contribution in [0.1, 0.15) is 24.2 Å². The lowest BCUT2D eigenvalue weighted by Gasteiger charge is -2.20. The monoisotopic (exact) mass is 314 g/mol. The average molecular weight is 315 g/mol. The topological polar surface area (TPSA) is 69.6 Å². The van der Waals surface area contributed by atoms with E-state index in [1.807, 2.05) is 13.8 Å². The second-order valence-corrected chi connectivity index (χ2v) is 4.42. The van der Waals surface area contributed by atoms with Crippen LogP contribution in [0.5, 0.6) is 0 Å². The minimum absolute atomic E-state index is 0.0601. The molecule has 0 atom stereocenters. The lowest BCUT2D eigenvalue weighted by atomic mass is 10.2. The number of carbonyl (C=O) groups is 2. The molecule has 18 heavy (non-hydrogen) atoms. The molecule has 0 radical (unpaired) electrons.